The first kappa shape index (κ1) is 28.3. The summed E-state index contributed by atoms with van der Waals surface area (Å²) in [7, 11) is 1.53. The number of hydrogen-bond acceptors (Lipinski definition) is 7. The summed E-state index contributed by atoms with van der Waals surface area (Å²) in [5.41, 5.74) is 4.35. The van der Waals surface area contributed by atoms with E-state index in [0.717, 1.165) is 5.56 Å². The minimum atomic E-state index is -0.818. The highest BCUT2D eigenvalue weighted by atomic mass is 79.9. The Labute approximate surface area is 239 Å². The van der Waals surface area contributed by atoms with Gasteiger partial charge in [0.15, 0.2) is 23.0 Å². The second kappa shape index (κ2) is 12.9. The largest absolute Gasteiger partial charge is 0.493 e. The Balaban J connectivity index is 1.39. The number of amides is 2. The molecule has 0 radical (unpaired) electrons. The Kier molecular flexibility index (Phi) is 9.32. The van der Waals surface area contributed by atoms with Gasteiger partial charge in [0.05, 0.1) is 17.8 Å². The second-order valence-corrected chi connectivity index (χ2v) is 10.2. The number of benzene rings is 3. The molecule has 204 valence electrons. The SMILES string of the molecule is COc1cc(C=NNC(=O)C(NC(=O)c2ccc3c(c2)OCO3)C(C)C)cc(Br)c1OCc1ccccc1Cl. The molecule has 3 aromatic rings. The lowest BCUT2D eigenvalue weighted by atomic mass is 10.0. The molecule has 9 nitrogen and oxygen atoms in total. The van der Waals surface area contributed by atoms with Gasteiger partial charge in [-0.2, -0.15) is 5.10 Å². The molecule has 0 aromatic heterocycles. The standard InChI is InChI=1S/C28H27BrClN3O6/c1-16(2)25(32-27(34)18-8-9-22-23(12-18)39-15-38-22)28(35)33-31-13-17-10-20(29)26(24(11-17)36-3)37-14-19-6-4-5-7-21(19)30/h4-13,16,25H,14-15H2,1-3H3,(H,32,34)(H,33,35). The number of carbonyl (C=O) groups is 2. The van der Waals surface area contributed by atoms with Crippen molar-refractivity contribution in [3.8, 4) is 23.0 Å². The van der Waals surface area contributed by atoms with Gasteiger partial charge in [0, 0.05) is 16.1 Å². The van der Waals surface area contributed by atoms with Gasteiger partial charge < -0.3 is 24.3 Å². The molecule has 0 fully saturated rings. The molecule has 0 spiro atoms. The first-order chi connectivity index (χ1) is 18.8. The highest BCUT2D eigenvalue weighted by Crippen LogP contribution is 2.37. The Morgan fingerprint density at radius 3 is 2.64 bits per heavy atom. The topological polar surface area (TPSA) is 107 Å². The van der Waals surface area contributed by atoms with Crippen molar-refractivity contribution in [2.24, 2.45) is 11.0 Å². The van der Waals surface area contributed by atoms with Crippen LogP contribution in [0.5, 0.6) is 23.0 Å². The highest BCUT2D eigenvalue weighted by molar-refractivity contribution is 9.10. The minimum absolute atomic E-state index is 0.107. The van der Waals surface area contributed by atoms with Crippen LogP contribution < -0.4 is 29.7 Å². The van der Waals surface area contributed by atoms with E-state index >= 15 is 0 Å². The van der Waals surface area contributed by atoms with Gasteiger partial charge in [0.1, 0.15) is 12.6 Å². The summed E-state index contributed by atoms with van der Waals surface area (Å²) < 4.78 is 22.7. The minimum Gasteiger partial charge on any atom is -0.493 e. The molecule has 39 heavy (non-hydrogen) atoms. The molecule has 3 aromatic carbocycles. The number of ether oxygens (including phenoxy) is 4. The lowest BCUT2D eigenvalue weighted by molar-refractivity contribution is -0.123. The van der Waals surface area contributed by atoms with Crippen LogP contribution in [0.1, 0.15) is 35.3 Å². The van der Waals surface area contributed by atoms with Crippen LogP contribution in [0.2, 0.25) is 5.02 Å². The number of nitrogens with one attached hydrogen (secondary N) is 2. The molecule has 1 aliphatic heterocycles. The van der Waals surface area contributed by atoms with Gasteiger partial charge >= 0.3 is 0 Å². The maximum absolute atomic E-state index is 12.9. The van der Waals surface area contributed by atoms with Crippen LogP contribution in [0.15, 0.2) is 64.2 Å². The van der Waals surface area contributed by atoms with E-state index in [1.165, 1.54) is 13.3 Å². The molecule has 1 aliphatic rings. The van der Waals surface area contributed by atoms with E-state index in [2.05, 4.69) is 31.8 Å². The number of fused-ring (bicyclic) bond motifs is 1. The molecular formula is C28H27BrClN3O6. The van der Waals surface area contributed by atoms with Crippen molar-refractivity contribution in [3.63, 3.8) is 0 Å². The second-order valence-electron chi connectivity index (χ2n) is 8.91. The molecule has 1 unspecified atom stereocenters. The van der Waals surface area contributed by atoms with Crippen LogP contribution >= 0.6 is 27.5 Å². The Morgan fingerprint density at radius 2 is 1.90 bits per heavy atom. The van der Waals surface area contributed by atoms with Gasteiger partial charge in [-0.05, 0) is 63.8 Å². The first-order valence-corrected chi connectivity index (χ1v) is 13.2. The highest BCUT2D eigenvalue weighted by Gasteiger charge is 2.25. The molecular weight excluding hydrogens is 590 g/mol. The van der Waals surface area contributed by atoms with E-state index in [0.29, 0.717) is 43.6 Å². The third-order valence-electron chi connectivity index (χ3n) is 5.84. The monoisotopic (exact) mass is 615 g/mol. The predicted molar refractivity (Wildman–Crippen MR) is 151 cm³/mol. The Morgan fingerprint density at radius 1 is 1.13 bits per heavy atom. The average Bonchev–Trinajstić information content (AvgIpc) is 3.39. The summed E-state index contributed by atoms with van der Waals surface area (Å²) in [4.78, 5) is 25.7. The number of halogens is 2. The van der Waals surface area contributed by atoms with Crippen LogP contribution in [0.3, 0.4) is 0 Å². The molecule has 1 atom stereocenters. The Bertz CT molecular complexity index is 1400. The van der Waals surface area contributed by atoms with Gasteiger partial charge in [-0.3, -0.25) is 9.59 Å². The molecule has 0 aliphatic carbocycles. The van der Waals surface area contributed by atoms with Gasteiger partial charge in [0.2, 0.25) is 6.79 Å². The summed E-state index contributed by atoms with van der Waals surface area (Å²) in [5, 5.41) is 7.45. The fraction of sp³-hybridized carbons (Fsp3) is 0.250. The maximum atomic E-state index is 12.9. The van der Waals surface area contributed by atoms with Crippen LogP contribution in [0, 0.1) is 5.92 Å². The van der Waals surface area contributed by atoms with Gasteiger partial charge in [0.25, 0.3) is 11.8 Å². The molecule has 0 saturated carbocycles. The van der Waals surface area contributed by atoms with Gasteiger partial charge in [-0.25, -0.2) is 5.43 Å². The fourth-order valence-corrected chi connectivity index (χ4v) is 4.52. The normalized spacial score (nSPS) is 12.9. The van der Waals surface area contributed by atoms with E-state index in [4.69, 9.17) is 30.5 Å². The van der Waals surface area contributed by atoms with Gasteiger partial charge in [-0.15, -0.1) is 0 Å². The molecule has 0 bridgehead atoms. The Hall–Kier alpha value is -3.76. The number of carbonyl (C=O) groups excluding carboxylic acids is 2. The summed E-state index contributed by atoms with van der Waals surface area (Å²) in [6.45, 7) is 4.03. The summed E-state index contributed by atoms with van der Waals surface area (Å²) in [5.74, 6) is 0.974. The van der Waals surface area contributed by atoms with Crippen LogP contribution in [0.25, 0.3) is 0 Å². The summed E-state index contributed by atoms with van der Waals surface area (Å²) in [6, 6.07) is 15.0. The van der Waals surface area contributed by atoms with E-state index in [-0.39, 0.29) is 19.3 Å². The summed E-state index contributed by atoms with van der Waals surface area (Å²) in [6.07, 6.45) is 1.47. The number of hydrazone groups is 1. The average molecular weight is 617 g/mol. The number of hydrogen-bond donors (Lipinski definition) is 2. The van der Waals surface area contributed by atoms with Crippen molar-refractivity contribution in [3.05, 3.63) is 80.8 Å². The zero-order valence-corrected chi connectivity index (χ0v) is 23.8. The van der Waals surface area contributed by atoms with Crippen molar-refractivity contribution in [2.75, 3.05) is 13.9 Å². The fourth-order valence-electron chi connectivity index (χ4n) is 3.76. The third kappa shape index (κ3) is 7.01. The number of methoxy groups -OCH3 is 1. The lowest BCUT2D eigenvalue weighted by Crippen LogP contribution is -2.48. The molecule has 4 rings (SSSR count). The van der Waals surface area contributed by atoms with Crippen molar-refractivity contribution in [2.45, 2.75) is 26.5 Å². The quantitative estimate of drug-likeness (QED) is 0.236. The first-order valence-electron chi connectivity index (χ1n) is 12.0. The molecule has 2 N–H and O–H groups in total. The third-order valence-corrected chi connectivity index (χ3v) is 6.80. The van der Waals surface area contributed by atoms with Gasteiger partial charge in [-0.1, -0.05) is 43.6 Å². The van der Waals surface area contributed by atoms with Crippen molar-refractivity contribution < 1.29 is 28.5 Å². The van der Waals surface area contributed by atoms with E-state index in [1.54, 1.807) is 36.4 Å². The van der Waals surface area contributed by atoms with Crippen molar-refractivity contribution in [1.82, 2.24) is 10.7 Å². The van der Waals surface area contributed by atoms with E-state index < -0.39 is 17.9 Å². The van der Waals surface area contributed by atoms with Crippen molar-refractivity contribution in [1.29, 1.82) is 0 Å². The molecule has 1 heterocycles. The maximum Gasteiger partial charge on any atom is 0.262 e. The van der Waals surface area contributed by atoms with Crippen LogP contribution in [-0.4, -0.2) is 38.0 Å². The lowest BCUT2D eigenvalue weighted by Gasteiger charge is -2.20. The zero-order chi connectivity index (χ0) is 27.9. The molecule has 11 heteroatoms. The number of rotatable bonds is 10. The smallest absolute Gasteiger partial charge is 0.262 e. The van der Waals surface area contributed by atoms with E-state index in [9.17, 15) is 9.59 Å². The number of nitrogens with zero attached hydrogens (tertiary/aromatic N) is 1. The molecule has 0 saturated heterocycles. The molecule has 2 amide bonds. The summed E-state index contributed by atoms with van der Waals surface area (Å²) >= 11 is 9.74. The van der Waals surface area contributed by atoms with Crippen molar-refractivity contribution >= 4 is 45.6 Å². The zero-order valence-electron chi connectivity index (χ0n) is 21.5. The van der Waals surface area contributed by atoms with E-state index in [1.807, 2.05) is 32.0 Å². The van der Waals surface area contributed by atoms with Crippen LogP contribution in [-0.2, 0) is 11.4 Å². The predicted octanol–water partition coefficient (Wildman–Crippen LogP) is 5.32. The van der Waals surface area contributed by atoms with Crippen LogP contribution in [0.4, 0.5) is 0 Å².